The van der Waals surface area contributed by atoms with Gasteiger partial charge in [0.25, 0.3) is 0 Å². The SMILES string of the molecule is C[C@H](CCCO)[C@H]1CCC2C3C(O)C[C@@H]4C[C@H](O)CC[C@]4(C)C3CC[C@@]21C. The maximum absolute atomic E-state index is 11.3. The van der Waals surface area contributed by atoms with Crippen molar-refractivity contribution >= 4 is 0 Å². The fourth-order valence-corrected chi connectivity index (χ4v) is 8.79. The number of hydrogen-bond acceptors (Lipinski definition) is 3. The number of rotatable bonds is 4. The minimum atomic E-state index is -0.172. The predicted octanol–water partition coefficient (Wildman–Crippen LogP) is 4.39. The van der Waals surface area contributed by atoms with E-state index in [1.54, 1.807) is 0 Å². The van der Waals surface area contributed by atoms with Crippen molar-refractivity contribution in [3.8, 4) is 0 Å². The molecule has 0 radical (unpaired) electrons. The van der Waals surface area contributed by atoms with Gasteiger partial charge in [-0.05, 0) is 111 Å². The van der Waals surface area contributed by atoms with Crippen molar-refractivity contribution in [1.29, 1.82) is 0 Å². The Morgan fingerprint density at radius 3 is 2.37 bits per heavy atom. The second kappa shape index (κ2) is 7.29. The maximum Gasteiger partial charge on any atom is 0.0577 e. The lowest BCUT2D eigenvalue weighted by Crippen LogP contribution is -2.58. The highest BCUT2D eigenvalue weighted by Crippen LogP contribution is 2.68. The van der Waals surface area contributed by atoms with Crippen LogP contribution in [-0.2, 0) is 0 Å². The summed E-state index contributed by atoms with van der Waals surface area (Å²) in [5, 5.41) is 30.7. The highest BCUT2D eigenvalue weighted by Gasteiger charge is 2.62. The first-order chi connectivity index (χ1) is 12.8. The van der Waals surface area contributed by atoms with Crippen LogP contribution in [0.5, 0.6) is 0 Å². The fourth-order valence-electron chi connectivity index (χ4n) is 8.79. The molecule has 4 aliphatic carbocycles. The van der Waals surface area contributed by atoms with E-state index in [1.165, 1.54) is 25.7 Å². The topological polar surface area (TPSA) is 60.7 Å². The molecule has 0 saturated heterocycles. The van der Waals surface area contributed by atoms with Gasteiger partial charge >= 0.3 is 0 Å². The average Bonchev–Trinajstić information content (AvgIpc) is 2.98. The Labute approximate surface area is 165 Å². The second-order valence-electron chi connectivity index (χ2n) is 11.3. The van der Waals surface area contributed by atoms with Crippen molar-refractivity contribution in [2.24, 2.45) is 46.3 Å². The van der Waals surface area contributed by atoms with Crippen LogP contribution in [0.25, 0.3) is 0 Å². The molecule has 0 aromatic carbocycles. The molecule has 0 amide bonds. The lowest BCUT2D eigenvalue weighted by molar-refractivity contribution is -0.174. The van der Waals surface area contributed by atoms with Crippen LogP contribution >= 0.6 is 0 Å². The summed E-state index contributed by atoms with van der Waals surface area (Å²) in [5.41, 5.74) is 0.694. The van der Waals surface area contributed by atoms with E-state index >= 15 is 0 Å². The molecule has 0 bridgehead atoms. The highest BCUT2D eigenvalue weighted by molar-refractivity contribution is 5.11. The lowest BCUT2D eigenvalue weighted by Gasteiger charge is -2.62. The third kappa shape index (κ3) is 3.11. The first kappa shape index (κ1) is 20.2. The summed E-state index contributed by atoms with van der Waals surface area (Å²) in [4.78, 5) is 0. The van der Waals surface area contributed by atoms with E-state index in [-0.39, 0.29) is 12.2 Å². The first-order valence-corrected chi connectivity index (χ1v) is 11.8. The van der Waals surface area contributed by atoms with Crippen molar-refractivity contribution in [3.05, 3.63) is 0 Å². The third-order valence-corrected chi connectivity index (χ3v) is 10.2. The molecular weight excluding hydrogens is 336 g/mol. The van der Waals surface area contributed by atoms with Crippen molar-refractivity contribution in [3.63, 3.8) is 0 Å². The summed E-state index contributed by atoms with van der Waals surface area (Å²) < 4.78 is 0. The van der Waals surface area contributed by atoms with Gasteiger partial charge in [-0.2, -0.15) is 0 Å². The zero-order chi connectivity index (χ0) is 19.4. The zero-order valence-electron chi connectivity index (χ0n) is 17.7. The van der Waals surface area contributed by atoms with Gasteiger partial charge in [-0.15, -0.1) is 0 Å². The van der Waals surface area contributed by atoms with E-state index in [4.69, 9.17) is 0 Å². The Morgan fingerprint density at radius 2 is 1.63 bits per heavy atom. The molecule has 4 fully saturated rings. The number of aliphatic hydroxyl groups is 3. The van der Waals surface area contributed by atoms with Gasteiger partial charge in [0, 0.05) is 6.61 Å². The molecule has 156 valence electrons. The largest absolute Gasteiger partial charge is 0.396 e. The Kier molecular flexibility index (Phi) is 5.44. The van der Waals surface area contributed by atoms with E-state index in [0.717, 1.165) is 44.4 Å². The molecule has 0 aliphatic heterocycles. The van der Waals surface area contributed by atoms with Gasteiger partial charge in [0.2, 0.25) is 0 Å². The second-order valence-corrected chi connectivity index (χ2v) is 11.3. The van der Waals surface area contributed by atoms with Crippen LogP contribution in [0.2, 0.25) is 0 Å². The summed E-state index contributed by atoms with van der Waals surface area (Å²) in [6.45, 7) is 7.74. The minimum Gasteiger partial charge on any atom is -0.396 e. The van der Waals surface area contributed by atoms with Crippen LogP contribution in [0.3, 0.4) is 0 Å². The van der Waals surface area contributed by atoms with Crippen LogP contribution in [0, 0.1) is 46.3 Å². The maximum atomic E-state index is 11.3. The van der Waals surface area contributed by atoms with Gasteiger partial charge in [0.1, 0.15) is 0 Å². The van der Waals surface area contributed by atoms with Gasteiger partial charge in [0.15, 0.2) is 0 Å². The highest BCUT2D eigenvalue weighted by atomic mass is 16.3. The molecule has 4 saturated carbocycles. The minimum absolute atomic E-state index is 0.149. The van der Waals surface area contributed by atoms with E-state index in [9.17, 15) is 15.3 Å². The standard InChI is InChI=1S/C24H42O3/c1-15(5-4-12-25)18-6-7-19-22-20(9-11-24(18,19)3)23(2)10-8-17(26)13-16(23)14-21(22)27/h15-22,25-27H,4-14H2,1-3H3/t15-,16+,17-,18-,19?,20?,21?,22?,23+,24-/m1/s1. The molecule has 4 rings (SSSR count). The van der Waals surface area contributed by atoms with Gasteiger partial charge in [0.05, 0.1) is 12.2 Å². The lowest BCUT2D eigenvalue weighted by atomic mass is 9.43. The number of fused-ring (bicyclic) bond motifs is 5. The van der Waals surface area contributed by atoms with Crippen molar-refractivity contribution in [2.45, 2.75) is 97.2 Å². The molecule has 0 spiro atoms. The van der Waals surface area contributed by atoms with Crippen LogP contribution in [0.4, 0.5) is 0 Å². The number of hydrogen-bond donors (Lipinski definition) is 3. The predicted molar refractivity (Wildman–Crippen MR) is 108 cm³/mol. The normalized spacial score (nSPS) is 53.3. The quantitative estimate of drug-likeness (QED) is 0.680. The molecule has 0 aromatic rings. The Bertz CT molecular complexity index is 536. The molecule has 10 atom stereocenters. The zero-order valence-corrected chi connectivity index (χ0v) is 17.7. The van der Waals surface area contributed by atoms with Crippen molar-refractivity contribution in [1.82, 2.24) is 0 Å². The molecular formula is C24H42O3. The Morgan fingerprint density at radius 1 is 0.926 bits per heavy atom. The fraction of sp³-hybridized carbons (Fsp3) is 1.00. The monoisotopic (exact) mass is 378 g/mol. The van der Waals surface area contributed by atoms with Gasteiger partial charge in [-0.25, -0.2) is 0 Å². The van der Waals surface area contributed by atoms with Gasteiger partial charge in [-0.3, -0.25) is 0 Å². The molecule has 3 heteroatoms. The smallest absolute Gasteiger partial charge is 0.0577 e. The van der Waals surface area contributed by atoms with E-state index < -0.39 is 0 Å². The molecule has 4 unspecified atom stereocenters. The molecule has 3 N–H and O–H groups in total. The van der Waals surface area contributed by atoms with E-state index in [2.05, 4.69) is 20.8 Å². The van der Waals surface area contributed by atoms with Crippen LogP contribution < -0.4 is 0 Å². The number of aliphatic hydroxyl groups excluding tert-OH is 3. The van der Waals surface area contributed by atoms with E-state index in [0.29, 0.717) is 47.0 Å². The third-order valence-electron chi connectivity index (χ3n) is 10.2. The molecule has 3 nitrogen and oxygen atoms in total. The summed E-state index contributed by atoms with van der Waals surface area (Å²) in [6, 6.07) is 0. The summed E-state index contributed by atoms with van der Waals surface area (Å²) >= 11 is 0. The summed E-state index contributed by atoms with van der Waals surface area (Å²) in [7, 11) is 0. The van der Waals surface area contributed by atoms with Gasteiger partial charge in [-0.1, -0.05) is 20.8 Å². The van der Waals surface area contributed by atoms with Crippen LogP contribution in [-0.4, -0.2) is 34.1 Å². The molecule has 0 heterocycles. The van der Waals surface area contributed by atoms with Crippen molar-refractivity contribution < 1.29 is 15.3 Å². The molecule has 27 heavy (non-hydrogen) atoms. The Balaban J connectivity index is 1.57. The van der Waals surface area contributed by atoms with Gasteiger partial charge < -0.3 is 15.3 Å². The Hall–Kier alpha value is -0.120. The van der Waals surface area contributed by atoms with Crippen LogP contribution in [0.1, 0.15) is 85.0 Å². The first-order valence-electron chi connectivity index (χ1n) is 11.8. The van der Waals surface area contributed by atoms with Crippen molar-refractivity contribution in [2.75, 3.05) is 6.61 Å². The van der Waals surface area contributed by atoms with E-state index in [1.807, 2.05) is 0 Å². The molecule has 0 aromatic heterocycles. The summed E-state index contributed by atoms with van der Waals surface area (Å²) in [6.07, 6.45) is 10.8. The van der Waals surface area contributed by atoms with Crippen LogP contribution in [0.15, 0.2) is 0 Å². The summed E-state index contributed by atoms with van der Waals surface area (Å²) in [5.74, 6) is 3.71. The molecule has 4 aliphatic rings. The average molecular weight is 379 g/mol.